The highest BCUT2D eigenvalue weighted by Crippen LogP contribution is 2.24. The minimum atomic E-state index is -0.517. The quantitative estimate of drug-likeness (QED) is 0.882. The van der Waals surface area contributed by atoms with Gasteiger partial charge in [0.2, 0.25) is 5.91 Å². The van der Waals surface area contributed by atoms with Gasteiger partial charge in [0.1, 0.15) is 5.60 Å². The Hall–Kier alpha value is -1.56. The summed E-state index contributed by atoms with van der Waals surface area (Å²) in [6.45, 7) is 6.14. The first kappa shape index (κ1) is 16.8. The Morgan fingerprint density at radius 3 is 2.45 bits per heavy atom. The van der Waals surface area contributed by atoms with E-state index in [0.717, 1.165) is 16.6 Å². The fourth-order valence-corrected chi connectivity index (χ4v) is 2.44. The van der Waals surface area contributed by atoms with Crippen LogP contribution in [0, 0.1) is 0 Å². The van der Waals surface area contributed by atoms with Crippen LogP contribution in [-0.2, 0) is 9.53 Å². The molecular formula is C16H21BrN2O3. The Balaban J connectivity index is 1.84. The Kier molecular flexibility index (Phi) is 5.11. The van der Waals surface area contributed by atoms with E-state index in [0.29, 0.717) is 6.54 Å². The molecule has 1 unspecified atom stereocenters. The van der Waals surface area contributed by atoms with E-state index in [1.165, 1.54) is 0 Å². The van der Waals surface area contributed by atoms with Crippen molar-refractivity contribution in [3.8, 4) is 0 Å². The molecule has 1 aliphatic rings. The van der Waals surface area contributed by atoms with E-state index in [4.69, 9.17) is 4.74 Å². The van der Waals surface area contributed by atoms with Gasteiger partial charge in [0.15, 0.2) is 0 Å². The van der Waals surface area contributed by atoms with Gasteiger partial charge in [-0.25, -0.2) is 4.79 Å². The third-order valence-corrected chi connectivity index (χ3v) is 3.85. The Morgan fingerprint density at radius 2 is 1.95 bits per heavy atom. The molecule has 0 spiro atoms. The molecule has 1 heterocycles. The van der Waals surface area contributed by atoms with Crippen molar-refractivity contribution in [3.63, 3.8) is 0 Å². The average molecular weight is 369 g/mol. The van der Waals surface area contributed by atoms with Gasteiger partial charge in [0.25, 0.3) is 0 Å². The molecule has 1 N–H and O–H groups in total. The van der Waals surface area contributed by atoms with Gasteiger partial charge in [-0.1, -0.05) is 15.9 Å². The van der Waals surface area contributed by atoms with Crippen LogP contribution in [-0.4, -0.2) is 35.1 Å². The standard InChI is InChI=1S/C16H21BrN2O3/c1-16(2,3)22-15(21)19-9-8-13(19)10-14(20)18-12-6-4-11(17)5-7-12/h4-7,13H,8-10H2,1-3H3,(H,18,20). The number of ether oxygens (including phenoxy) is 1. The number of nitrogens with zero attached hydrogens (tertiary/aromatic N) is 1. The highest BCUT2D eigenvalue weighted by molar-refractivity contribution is 9.10. The molecule has 1 fully saturated rings. The van der Waals surface area contributed by atoms with E-state index < -0.39 is 5.60 Å². The van der Waals surface area contributed by atoms with Crippen LogP contribution in [0.2, 0.25) is 0 Å². The van der Waals surface area contributed by atoms with E-state index in [1.807, 2.05) is 45.0 Å². The lowest BCUT2D eigenvalue weighted by Gasteiger charge is -2.41. The molecule has 22 heavy (non-hydrogen) atoms. The van der Waals surface area contributed by atoms with E-state index in [1.54, 1.807) is 4.90 Å². The maximum absolute atomic E-state index is 12.1. The zero-order valence-electron chi connectivity index (χ0n) is 13.1. The van der Waals surface area contributed by atoms with Crippen LogP contribution in [0.15, 0.2) is 28.7 Å². The third kappa shape index (κ3) is 4.73. The largest absolute Gasteiger partial charge is 0.444 e. The average Bonchev–Trinajstić information content (AvgIpc) is 2.35. The number of carbonyl (C=O) groups is 2. The number of carbonyl (C=O) groups excluding carboxylic acids is 2. The minimum Gasteiger partial charge on any atom is -0.444 e. The smallest absolute Gasteiger partial charge is 0.410 e. The molecule has 1 aliphatic heterocycles. The predicted octanol–water partition coefficient (Wildman–Crippen LogP) is 3.79. The van der Waals surface area contributed by atoms with Crippen LogP contribution in [0.4, 0.5) is 10.5 Å². The second-order valence-corrected chi connectivity index (χ2v) is 7.29. The Bertz CT molecular complexity index is 552. The lowest BCUT2D eigenvalue weighted by Crippen LogP contribution is -2.53. The van der Waals surface area contributed by atoms with Crippen LogP contribution in [0.25, 0.3) is 0 Å². The number of halogens is 1. The van der Waals surface area contributed by atoms with Crippen molar-refractivity contribution >= 4 is 33.6 Å². The molecule has 6 heteroatoms. The molecule has 1 aromatic carbocycles. The molecule has 120 valence electrons. The summed E-state index contributed by atoms with van der Waals surface area (Å²) in [5.41, 5.74) is 0.230. The first-order valence-corrected chi connectivity index (χ1v) is 8.09. The first-order valence-electron chi connectivity index (χ1n) is 7.29. The van der Waals surface area contributed by atoms with Gasteiger partial charge in [-0.2, -0.15) is 0 Å². The van der Waals surface area contributed by atoms with Gasteiger partial charge >= 0.3 is 6.09 Å². The van der Waals surface area contributed by atoms with Crippen LogP contribution >= 0.6 is 15.9 Å². The fourth-order valence-electron chi connectivity index (χ4n) is 2.17. The molecular weight excluding hydrogens is 348 g/mol. The van der Waals surface area contributed by atoms with Crippen molar-refractivity contribution in [3.05, 3.63) is 28.7 Å². The molecule has 0 saturated carbocycles. The second kappa shape index (κ2) is 6.69. The highest BCUT2D eigenvalue weighted by atomic mass is 79.9. The number of benzene rings is 1. The zero-order valence-corrected chi connectivity index (χ0v) is 14.6. The summed E-state index contributed by atoms with van der Waals surface area (Å²) >= 11 is 3.35. The summed E-state index contributed by atoms with van der Waals surface area (Å²) < 4.78 is 6.29. The van der Waals surface area contributed by atoms with Gasteiger partial charge in [0.05, 0.1) is 0 Å². The van der Waals surface area contributed by atoms with Gasteiger partial charge < -0.3 is 15.0 Å². The topological polar surface area (TPSA) is 58.6 Å². The Morgan fingerprint density at radius 1 is 1.32 bits per heavy atom. The SMILES string of the molecule is CC(C)(C)OC(=O)N1CCC1CC(=O)Nc1ccc(Br)cc1. The van der Waals surface area contributed by atoms with Crippen LogP contribution in [0.5, 0.6) is 0 Å². The monoisotopic (exact) mass is 368 g/mol. The van der Waals surface area contributed by atoms with Crippen LogP contribution in [0.3, 0.4) is 0 Å². The summed E-state index contributed by atoms with van der Waals surface area (Å²) in [4.78, 5) is 25.7. The third-order valence-electron chi connectivity index (χ3n) is 3.32. The molecule has 0 aliphatic carbocycles. The molecule has 2 amide bonds. The predicted molar refractivity (Wildman–Crippen MR) is 88.7 cm³/mol. The van der Waals surface area contributed by atoms with Crippen molar-refractivity contribution in [2.24, 2.45) is 0 Å². The van der Waals surface area contributed by atoms with Crippen LogP contribution < -0.4 is 5.32 Å². The number of likely N-dealkylation sites (tertiary alicyclic amines) is 1. The number of hydrogen-bond acceptors (Lipinski definition) is 3. The van der Waals surface area contributed by atoms with Gasteiger partial charge in [-0.3, -0.25) is 4.79 Å². The summed E-state index contributed by atoms with van der Waals surface area (Å²) in [7, 11) is 0. The van der Waals surface area contributed by atoms with Crippen molar-refractivity contribution < 1.29 is 14.3 Å². The minimum absolute atomic E-state index is 0.0784. The number of hydrogen-bond donors (Lipinski definition) is 1. The zero-order chi connectivity index (χ0) is 16.3. The Labute approximate surface area is 139 Å². The van der Waals surface area contributed by atoms with Gasteiger partial charge in [0, 0.05) is 29.2 Å². The molecule has 0 aromatic heterocycles. The van der Waals surface area contributed by atoms with E-state index in [9.17, 15) is 9.59 Å². The summed E-state index contributed by atoms with van der Waals surface area (Å²) in [5.74, 6) is -0.0967. The molecule has 1 saturated heterocycles. The van der Waals surface area contributed by atoms with E-state index in [2.05, 4.69) is 21.2 Å². The molecule has 1 atom stereocenters. The molecule has 5 nitrogen and oxygen atoms in total. The van der Waals surface area contributed by atoms with Crippen LogP contribution in [0.1, 0.15) is 33.6 Å². The van der Waals surface area contributed by atoms with E-state index in [-0.39, 0.29) is 24.5 Å². The van der Waals surface area contributed by atoms with Crippen molar-refractivity contribution in [1.29, 1.82) is 0 Å². The van der Waals surface area contributed by atoms with Crippen molar-refractivity contribution in [2.75, 3.05) is 11.9 Å². The second-order valence-electron chi connectivity index (χ2n) is 6.38. The molecule has 2 rings (SSSR count). The molecule has 0 bridgehead atoms. The van der Waals surface area contributed by atoms with E-state index >= 15 is 0 Å². The summed E-state index contributed by atoms with van der Waals surface area (Å²) in [5, 5.41) is 2.84. The number of rotatable bonds is 3. The summed E-state index contributed by atoms with van der Waals surface area (Å²) in [6.07, 6.45) is 0.766. The molecule has 0 radical (unpaired) electrons. The number of anilines is 1. The maximum atomic E-state index is 12.1. The number of amides is 2. The lowest BCUT2D eigenvalue weighted by atomic mass is 10.00. The fraction of sp³-hybridized carbons (Fsp3) is 0.500. The van der Waals surface area contributed by atoms with Gasteiger partial charge in [-0.15, -0.1) is 0 Å². The highest BCUT2D eigenvalue weighted by Gasteiger charge is 2.36. The normalized spacial score (nSPS) is 17.6. The van der Waals surface area contributed by atoms with Gasteiger partial charge in [-0.05, 0) is 51.5 Å². The van der Waals surface area contributed by atoms with Crippen molar-refractivity contribution in [2.45, 2.75) is 45.3 Å². The lowest BCUT2D eigenvalue weighted by molar-refractivity contribution is -0.118. The maximum Gasteiger partial charge on any atom is 0.410 e. The summed E-state index contributed by atoms with van der Waals surface area (Å²) in [6, 6.07) is 7.31. The van der Waals surface area contributed by atoms with Crippen molar-refractivity contribution in [1.82, 2.24) is 4.90 Å². The number of nitrogens with one attached hydrogen (secondary N) is 1. The first-order chi connectivity index (χ1) is 10.2. The molecule has 1 aromatic rings.